The number of nitrogens with two attached hydrogens (primary N) is 1. The Balaban J connectivity index is 2.42. The van der Waals surface area contributed by atoms with Crippen LogP contribution in [0, 0.1) is 0 Å². The maximum atomic E-state index is 12.6. The van der Waals surface area contributed by atoms with Crippen molar-refractivity contribution in [3.8, 4) is 0 Å². The van der Waals surface area contributed by atoms with Gasteiger partial charge in [0, 0.05) is 28.2 Å². The van der Waals surface area contributed by atoms with E-state index in [2.05, 4.69) is 13.8 Å². The quantitative estimate of drug-likeness (QED) is 0.910. The van der Waals surface area contributed by atoms with E-state index in [4.69, 9.17) is 17.3 Å². The van der Waals surface area contributed by atoms with Crippen molar-refractivity contribution in [2.45, 2.75) is 32.7 Å². The molecule has 108 valence electrons. The molecule has 1 aromatic heterocycles. The molecule has 1 aromatic carbocycles. The molecule has 0 aliphatic rings. The second-order valence-corrected chi connectivity index (χ2v) is 6.36. The first-order valence-corrected chi connectivity index (χ1v) is 7.93. The van der Waals surface area contributed by atoms with E-state index >= 15 is 0 Å². The number of amides is 1. The van der Waals surface area contributed by atoms with Crippen molar-refractivity contribution in [3.63, 3.8) is 0 Å². The standard InChI is InChI=1S/C15H19ClN2OS/c1-4-10(5-2)18(3)15(19)14-13(17)11-8-9(16)6-7-12(11)20-14/h6-8,10H,4-5,17H2,1-3H3. The lowest BCUT2D eigenvalue weighted by molar-refractivity contribution is 0.0729. The van der Waals surface area contributed by atoms with E-state index in [0.717, 1.165) is 22.9 Å². The summed E-state index contributed by atoms with van der Waals surface area (Å²) in [4.78, 5) is 15.0. The van der Waals surface area contributed by atoms with E-state index in [0.29, 0.717) is 15.6 Å². The van der Waals surface area contributed by atoms with Crippen LogP contribution in [0.5, 0.6) is 0 Å². The summed E-state index contributed by atoms with van der Waals surface area (Å²) >= 11 is 7.42. The number of carbonyl (C=O) groups is 1. The maximum Gasteiger partial charge on any atom is 0.266 e. The van der Waals surface area contributed by atoms with Crippen LogP contribution in [0.25, 0.3) is 10.1 Å². The van der Waals surface area contributed by atoms with Gasteiger partial charge in [-0.1, -0.05) is 25.4 Å². The lowest BCUT2D eigenvalue weighted by Gasteiger charge is -2.25. The molecule has 1 amide bonds. The van der Waals surface area contributed by atoms with Gasteiger partial charge in [-0.2, -0.15) is 0 Å². The molecule has 0 fully saturated rings. The Morgan fingerprint density at radius 2 is 2.05 bits per heavy atom. The molecule has 0 radical (unpaired) electrons. The van der Waals surface area contributed by atoms with Crippen molar-refractivity contribution in [1.82, 2.24) is 4.90 Å². The zero-order valence-electron chi connectivity index (χ0n) is 11.9. The van der Waals surface area contributed by atoms with Crippen LogP contribution in [-0.2, 0) is 0 Å². The molecule has 1 heterocycles. The second kappa shape index (κ2) is 6.02. The summed E-state index contributed by atoms with van der Waals surface area (Å²) in [6.45, 7) is 4.18. The number of hydrogen-bond donors (Lipinski definition) is 1. The molecule has 5 heteroatoms. The molecular weight excluding hydrogens is 292 g/mol. The molecule has 0 unspecified atom stereocenters. The van der Waals surface area contributed by atoms with Crippen molar-refractivity contribution < 1.29 is 4.79 Å². The molecule has 20 heavy (non-hydrogen) atoms. The van der Waals surface area contributed by atoms with Crippen LogP contribution < -0.4 is 5.73 Å². The minimum Gasteiger partial charge on any atom is -0.397 e. The van der Waals surface area contributed by atoms with Crippen LogP contribution in [0.15, 0.2) is 18.2 Å². The number of carbonyl (C=O) groups excluding carboxylic acids is 1. The predicted molar refractivity (Wildman–Crippen MR) is 87.7 cm³/mol. The van der Waals surface area contributed by atoms with E-state index in [1.54, 1.807) is 4.90 Å². The molecular formula is C15H19ClN2OS. The molecule has 2 rings (SSSR count). The Kier molecular flexibility index (Phi) is 4.55. The number of thiophene rings is 1. The van der Waals surface area contributed by atoms with Gasteiger partial charge in [-0.25, -0.2) is 0 Å². The summed E-state index contributed by atoms with van der Waals surface area (Å²) in [5, 5.41) is 1.50. The number of rotatable bonds is 4. The zero-order chi connectivity index (χ0) is 14.9. The fourth-order valence-electron chi connectivity index (χ4n) is 2.41. The highest BCUT2D eigenvalue weighted by Gasteiger charge is 2.23. The van der Waals surface area contributed by atoms with E-state index in [-0.39, 0.29) is 11.9 Å². The number of fused-ring (bicyclic) bond motifs is 1. The van der Waals surface area contributed by atoms with Crippen LogP contribution in [0.2, 0.25) is 5.02 Å². The first-order valence-electron chi connectivity index (χ1n) is 6.74. The first kappa shape index (κ1) is 15.1. The Morgan fingerprint density at radius 1 is 1.40 bits per heavy atom. The highest BCUT2D eigenvalue weighted by molar-refractivity contribution is 7.21. The van der Waals surface area contributed by atoms with Crippen molar-refractivity contribution >= 4 is 44.6 Å². The topological polar surface area (TPSA) is 46.3 Å². The van der Waals surface area contributed by atoms with E-state index in [1.807, 2.05) is 25.2 Å². The number of hydrogen-bond acceptors (Lipinski definition) is 3. The van der Waals surface area contributed by atoms with Crippen LogP contribution in [0.3, 0.4) is 0 Å². The predicted octanol–water partition coefficient (Wildman–Crippen LogP) is 4.40. The third kappa shape index (κ3) is 2.63. The normalized spacial score (nSPS) is 11.2. The van der Waals surface area contributed by atoms with Gasteiger partial charge in [0.25, 0.3) is 5.91 Å². The Morgan fingerprint density at radius 3 is 2.65 bits per heavy atom. The molecule has 0 spiro atoms. The summed E-state index contributed by atoms with van der Waals surface area (Å²) in [6.07, 6.45) is 1.88. The SMILES string of the molecule is CCC(CC)N(C)C(=O)c1sc2ccc(Cl)cc2c1N. The fraction of sp³-hybridized carbons (Fsp3) is 0.400. The summed E-state index contributed by atoms with van der Waals surface area (Å²) < 4.78 is 0.994. The van der Waals surface area contributed by atoms with Crippen molar-refractivity contribution in [2.75, 3.05) is 12.8 Å². The van der Waals surface area contributed by atoms with Gasteiger partial charge in [0.15, 0.2) is 0 Å². The maximum absolute atomic E-state index is 12.6. The third-order valence-corrected chi connectivity index (χ3v) is 5.10. The number of nitrogens with zero attached hydrogens (tertiary/aromatic N) is 1. The molecule has 0 atom stereocenters. The van der Waals surface area contributed by atoms with Crippen LogP contribution in [-0.4, -0.2) is 23.9 Å². The lowest BCUT2D eigenvalue weighted by Crippen LogP contribution is -2.36. The van der Waals surface area contributed by atoms with E-state index in [9.17, 15) is 4.79 Å². The molecule has 0 saturated heterocycles. The number of halogens is 1. The van der Waals surface area contributed by atoms with Gasteiger partial charge in [0.2, 0.25) is 0 Å². The lowest BCUT2D eigenvalue weighted by atomic mass is 10.1. The van der Waals surface area contributed by atoms with Gasteiger partial charge in [-0.3, -0.25) is 4.79 Å². The van der Waals surface area contributed by atoms with Gasteiger partial charge in [0.05, 0.1) is 5.69 Å². The van der Waals surface area contributed by atoms with Crippen LogP contribution in [0.4, 0.5) is 5.69 Å². The smallest absolute Gasteiger partial charge is 0.266 e. The summed E-state index contributed by atoms with van der Waals surface area (Å²) in [5.41, 5.74) is 6.67. The highest BCUT2D eigenvalue weighted by Crippen LogP contribution is 2.36. The molecule has 3 nitrogen and oxygen atoms in total. The first-order chi connectivity index (χ1) is 9.49. The Hall–Kier alpha value is -1.26. The van der Waals surface area contributed by atoms with Crippen molar-refractivity contribution in [3.05, 3.63) is 28.1 Å². The molecule has 2 N–H and O–H groups in total. The molecule has 0 aliphatic carbocycles. The number of anilines is 1. The van der Waals surface area contributed by atoms with Crippen molar-refractivity contribution in [1.29, 1.82) is 0 Å². The van der Waals surface area contributed by atoms with Gasteiger partial charge >= 0.3 is 0 Å². The van der Waals surface area contributed by atoms with Gasteiger partial charge in [-0.15, -0.1) is 11.3 Å². The van der Waals surface area contributed by atoms with Gasteiger partial charge < -0.3 is 10.6 Å². The van der Waals surface area contributed by atoms with E-state index in [1.165, 1.54) is 11.3 Å². The fourth-order valence-corrected chi connectivity index (χ4v) is 3.67. The van der Waals surface area contributed by atoms with E-state index < -0.39 is 0 Å². The molecule has 0 bridgehead atoms. The van der Waals surface area contributed by atoms with Gasteiger partial charge in [-0.05, 0) is 31.0 Å². The van der Waals surface area contributed by atoms with Gasteiger partial charge in [0.1, 0.15) is 4.88 Å². The minimum atomic E-state index is -0.00600. The number of benzene rings is 1. The third-order valence-electron chi connectivity index (χ3n) is 3.69. The average molecular weight is 311 g/mol. The summed E-state index contributed by atoms with van der Waals surface area (Å²) in [5.74, 6) is -0.00600. The second-order valence-electron chi connectivity index (χ2n) is 4.87. The van der Waals surface area contributed by atoms with Crippen molar-refractivity contribution in [2.24, 2.45) is 0 Å². The Bertz CT molecular complexity index is 634. The monoisotopic (exact) mass is 310 g/mol. The largest absolute Gasteiger partial charge is 0.397 e. The summed E-state index contributed by atoms with van der Waals surface area (Å²) in [7, 11) is 1.84. The zero-order valence-corrected chi connectivity index (χ0v) is 13.5. The molecule has 2 aromatic rings. The van der Waals surface area contributed by atoms with Crippen LogP contribution >= 0.6 is 22.9 Å². The van der Waals surface area contributed by atoms with Crippen LogP contribution in [0.1, 0.15) is 36.4 Å². The number of nitrogen functional groups attached to an aromatic ring is 1. The Labute approximate surface area is 128 Å². The average Bonchev–Trinajstić information content (AvgIpc) is 2.76. The summed E-state index contributed by atoms with van der Waals surface area (Å²) in [6, 6.07) is 5.79. The molecule has 0 aliphatic heterocycles. The molecule has 0 saturated carbocycles. The highest BCUT2D eigenvalue weighted by atomic mass is 35.5. The minimum absolute atomic E-state index is 0.00600.